The summed E-state index contributed by atoms with van der Waals surface area (Å²) in [6, 6.07) is 9.62. The molecule has 0 radical (unpaired) electrons. The number of likely N-dealkylation sites (N-methyl/N-ethyl adjacent to an activating group) is 2. The van der Waals surface area contributed by atoms with Gasteiger partial charge in [-0.3, -0.25) is 4.79 Å². The van der Waals surface area contributed by atoms with Crippen LogP contribution in [0.1, 0.15) is 12.0 Å². The molecule has 0 aliphatic rings. The molecule has 22 heavy (non-hydrogen) atoms. The number of urea groups is 1. The third kappa shape index (κ3) is 6.58. The molecule has 1 aromatic carbocycles. The average molecular weight is 306 g/mol. The number of carbonyl (C=O) groups excluding carboxylic acids is 2. The molecule has 3 amide bonds. The summed E-state index contributed by atoms with van der Waals surface area (Å²) < 4.78 is 0. The van der Waals surface area contributed by atoms with Gasteiger partial charge in [-0.25, -0.2) is 4.79 Å². The third-order valence-electron chi connectivity index (χ3n) is 3.35. The predicted molar refractivity (Wildman–Crippen MR) is 87.5 cm³/mol. The Morgan fingerprint density at radius 1 is 1.05 bits per heavy atom. The maximum atomic E-state index is 12.0. The Morgan fingerprint density at radius 2 is 1.73 bits per heavy atom. The Bertz CT molecular complexity index is 464. The summed E-state index contributed by atoms with van der Waals surface area (Å²) in [6.45, 7) is 2.31. The van der Waals surface area contributed by atoms with Gasteiger partial charge in [0.1, 0.15) is 0 Å². The minimum atomic E-state index is -0.172. The molecule has 0 fully saturated rings. The molecule has 0 saturated heterocycles. The number of nitrogens with zero attached hydrogens (tertiary/aromatic N) is 2. The molecule has 0 saturated carbocycles. The van der Waals surface area contributed by atoms with E-state index in [1.54, 1.807) is 23.9 Å². The van der Waals surface area contributed by atoms with Crippen molar-refractivity contribution in [3.05, 3.63) is 35.9 Å². The summed E-state index contributed by atoms with van der Waals surface area (Å²) in [6.07, 6.45) is 0.311. The predicted octanol–water partition coefficient (Wildman–Crippen LogP) is 0.896. The van der Waals surface area contributed by atoms with Crippen LogP contribution in [0.15, 0.2) is 30.3 Å². The van der Waals surface area contributed by atoms with Crippen molar-refractivity contribution in [1.29, 1.82) is 0 Å². The van der Waals surface area contributed by atoms with Gasteiger partial charge >= 0.3 is 6.03 Å². The number of amides is 3. The van der Waals surface area contributed by atoms with Crippen molar-refractivity contribution < 1.29 is 9.59 Å². The first-order valence-electron chi connectivity index (χ1n) is 7.46. The average Bonchev–Trinajstić information content (AvgIpc) is 2.53. The highest BCUT2D eigenvalue weighted by atomic mass is 16.2. The normalized spacial score (nSPS) is 10.1. The molecule has 0 aliphatic heterocycles. The number of hydrogen-bond acceptors (Lipinski definition) is 3. The smallest absolute Gasteiger partial charge is 0.317 e. The van der Waals surface area contributed by atoms with Gasteiger partial charge in [0.15, 0.2) is 0 Å². The third-order valence-corrected chi connectivity index (χ3v) is 3.35. The number of nitrogens with one attached hydrogen (secondary N) is 2. The van der Waals surface area contributed by atoms with Crippen LogP contribution in [0.3, 0.4) is 0 Å². The Labute approximate surface area is 132 Å². The first-order chi connectivity index (χ1) is 10.5. The van der Waals surface area contributed by atoms with E-state index in [-0.39, 0.29) is 11.9 Å². The molecule has 6 nitrogen and oxygen atoms in total. The van der Waals surface area contributed by atoms with Crippen LogP contribution in [-0.4, -0.2) is 62.5 Å². The van der Waals surface area contributed by atoms with Gasteiger partial charge in [-0.2, -0.15) is 0 Å². The zero-order valence-electron chi connectivity index (χ0n) is 13.6. The Morgan fingerprint density at radius 3 is 2.36 bits per heavy atom. The van der Waals surface area contributed by atoms with E-state index in [0.717, 1.165) is 12.1 Å². The van der Waals surface area contributed by atoms with Crippen LogP contribution in [0.25, 0.3) is 0 Å². The largest absolute Gasteiger partial charge is 0.344 e. The van der Waals surface area contributed by atoms with Crippen LogP contribution >= 0.6 is 0 Å². The minimum absolute atomic E-state index is 0.0289. The molecule has 0 bridgehead atoms. The Kier molecular flexibility index (Phi) is 7.99. The Hall–Kier alpha value is -2.08. The lowest BCUT2D eigenvalue weighted by Crippen LogP contribution is -2.39. The van der Waals surface area contributed by atoms with Crippen LogP contribution in [0.4, 0.5) is 4.79 Å². The Balaban J connectivity index is 2.26. The second kappa shape index (κ2) is 9.78. The lowest BCUT2D eigenvalue weighted by Gasteiger charge is -2.19. The standard InChI is InChI=1S/C16H26N4O2/c1-17-11-12-19(2)15(21)9-10-18-16(22)20(3)13-14-7-5-4-6-8-14/h4-8,17H,9-13H2,1-3H3,(H,18,22). The van der Waals surface area contributed by atoms with E-state index in [2.05, 4.69) is 10.6 Å². The quantitative estimate of drug-likeness (QED) is 0.750. The van der Waals surface area contributed by atoms with Gasteiger partial charge in [-0.05, 0) is 12.6 Å². The SMILES string of the molecule is CNCCN(C)C(=O)CCNC(=O)N(C)Cc1ccccc1. The van der Waals surface area contributed by atoms with Gasteiger partial charge in [-0.1, -0.05) is 30.3 Å². The maximum Gasteiger partial charge on any atom is 0.317 e. The van der Waals surface area contributed by atoms with Crippen molar-refractivity contribution in [2.24, 2.45) is 0 Å². The van der Waals surface area contributed by atoms with Crippen molar-refractivity contribution in [3.8, 4) is 0 Å². The highest BCUT2D eigenvalue weighted by Crippen LogP contribution is 2.02. The van der Waals surface area contributed by atoms with Crippen molar-refractivity contribution in [3.63, 3.8) is 0 Å². The molecule has 1 aromatic rings. The van der Waals surface area contributed by atoms with Gasteiger partial charge in [0.05, 0.1) is 0 Å². The summed E-state index contributed by atoms with van der Waals surface area (Å²) in [4.78, 5) is 27.0. The molecule has 0 heterocycles. The molecular weight excluding hydrogens is 280 g/mol. The first-order valence-corrected chi connectivity index (χ1v) is 7.46. The van der Waals surface area contributed by atoms with Gasteiger partial charge < -0.3 is 20.4 Å². The first kappa shape index (κ1) is 18.0. The fourth-order valence-corrected chi connectivity index (χ4v) is 1.94. The summed E-state index contributed by atoms with van der Waals surface area (Å²) in [7, 11) is 5.35. The summed E-state index contributed by atoms with van der Waals surface area (Å²) in [5.74, 6) is 0.0289. The zero-order valence-corrected chi connectivity index (χ0v) is 13.6. The second-order valence-electron chi connectivity index (χ2n) is 5.24. The second-order valence-corrected chi connectivity index (χ2v) is 5.24. The molecule has 122 valence electrons. The zero-order chi connectivity index (χ0) is 16.4. The number of hydrogen-bond donors (Lipinski definition) is 2. The highest BCUT2D eigenvalue weighted by Gasteiger charge is 2.11. The fourth-order valence-electron chi connectivity index (χ4n) is 1.94. The molecule has 0 atom stereocenters. The summed E-state index contributed by atoms with van der Waals surface area (Å²) in [5, 5.41) is 5.76. The summed E-state index contributed by atoms with van der Waals surface area (Å²) in [5.41, 5.74) is 1.07. The van der Waals surface area contributed by atoms with E-state index in [1.807, 2.05) is 37.4 Å². The van der Waals surface area contributed by atoms with E-state index >= 15 is 0 Å². The number of carbonyl (C=O) groups is 2. The lowest BCUT2D eigenvalue weighted by molar-refractivity contribution is -0.129. The molecule has 0 aromatic heterocycles. The maximum absolute atomic E-state index is 12.0. The van der Waals surface area contributed by atoms with Crippen molar-refractivity contribution in [1.82, 2.24) is 20.4 Å². The molecule has 2 N–H and O–H groups in total. The molecule has 0 spiro atoms. The van der Waals surface area contributed by atoms with Crippen LogP contribution < -0.4 is 10.6 Å². The fraction of sp³-hybridized carbons (Fsp3) is 0.500. The number of benzene rings is 1. The van der Waals surface area contributed by atoms with Crippen molar-refractivity contribution in [2.75, 3.05) is 40.8 Å². The molecule has 0 aliphatic carbocycles. The van der Waals surface area contributed by atoms with E-state index in [1.165, 1.54) is 0 Å². The van der Waals surface area contributed by atoms with E-state index in [0.29, 0.717) is 26.1 Å². The lowest BCUT2D eigenvalue weighted by atomic mass is 10.2. The summed E-state index contributed by atoms with van der Waals surface area (Å²) >= 11 is 0. The van der Waals surface area contributed by atoms with Crippen LogP contribution in [0, 0.1) is 0 Å². The van der Waals surface area contributed by atoms with Crippen molar-refractivity contribution in [2.45, 2.75) is 13.0 Å². The number of rotatable bonds is 8. The van der Waals surface area contributed by atoms with Gasteiger partial charge in [0.25, 0.3) is 0 Å². The van der Waals surface area contributed by atoms with E-state index < -0.39 is 0 Å². The molecule has 1 rings (SSSR count). The van der Waals surface area contributed by atoms with Crippen LogP contribution in [0.2, 0.25) is 0 Å². The van der Waals surface area contributed by atoms with Crippen LogP contribution in [0.5, 0.6) is 0 Å². The molecular formula is C16H26N4O2. The van der Waals surface area contributed by atoms with Gasteiger partial charge in [0, 0.05) is 46.7 Å². The van der Waals surface area contributed by atoms with Crippen LogP contribution in [-0.2, 0) is 11.3 Å². The van der Waals surface area contributed by atoms with E-state index in [4.69, 9.17) is 0 Å². The van der Waals surface area contributed by atoms with Crippen molar-refractivity contribution >= 4 is 11.9 Å². The molecule has 6 heteroatoms. The highest BCUT2D eigenvalue weighted by molar-refractivity contribution is 5.78. The van der Waals surface area contributed by atoms with Gasteiger partial charge in [0.2, 0.25) is 5.91 Å². The van der Waals surface area contributed by atoms with Gasteiger partial charge in [-0.15, -0.1) is 0 Å². The minimum Gasteiger partial charge on any atom is -0.344 e. The monoisotopic (exact) mass is 306 g/mol. The molecule has 0 unspecified atom stereocenters. The van der Waals surface area contributed by atoms with E-state index in [9.17, 15) is 9.59 Å². The topological polar surface area (TPSA) is 64.7 Å².